The van der Waals surface area contributed by atoms with Crippen LogP contribution in [0.4, 0.5) is 11.4 Å². The first kappa shape index (κ1) is 19.7. The first-order valence-corrected chi connectivity index (χ1v) is 11.1. The average Bonchev–Trinajstić information content (AvgIpc) is 2.58. The fourth-order valence-electron chi connectivity index (χ4n) is 3.95. The lowest BCUT2D eigenvalue weighted by atomic mass is 10.0. The Balaban J connectivity index is 2.17. The molecule has 1 heterocycles. The Bertz CT molecular complexity index is 904. The van der Waals surface area contributed by atoms with Crippen LogP contribution < -0.4 is 9.21 Å². The largest absolute Gasteiger partial charge is 0.365 e. The van der Waals surface area contributed by atoms with Crippen LogP contribution in [0, 0.1) is 13.8 Å². The van der Waals surface area contributed by atoms with Crippen molar-refractivity contribution < 1.29 is 8.42 Å². The number of aryl methyl sites for hydroxylation is 2. The topological polar surface area (TPSA) is 40.6 Å². The second-order valence-electron chi connectivity index (χ2n) is 7.87. The van der Waals surface area contributed by atoms with Gasteiger partial charge in [0.25, 0.3) is 10.0 Å². The summed E-state index contributed by atoms with van der Waals surface area (Å²) in [5.74, 6) is 0. The predicted molar refractivity (Wildman–Crippen MR) is 113 cm³/mol. The van der Waals surface area contributed by atoms with Crippen LogP contribution in [0.25, 0.3) is 0 Å². The highest BCUT2D eigenvalue weighted by atomic mass is 32.2. The number of hydrogen-bond donors (Lipinski definition) is 0. The molecule has 0 unspecified atom stereocenters. The van der Waals surface area contributed by atoms with Crippen molar-refractivity contribution in [2.24, 2.45) is 0 Å². The van der Waals surface area contributed by atoms with E-state index >= 15 is 0 Å². The predicted octanol–water partition coefficient (Wildman–Crippen LogP) is 4.90. The Morgan fingerprint density at radius 3 is 2.22 bits per heavy atom. The molecule has 0 fully saturated rings. The second kappa shape index (κ2) is 7.55. The summed E-state index contributed by atoms with van der Waals surface area (Å²) in [5, 5.41) is 0. The van der Waals surface area contributed by atoms with Gasteiger partial charge in [-0.3, -0.25) is 4.31 Å². The van der Waals surface area contributed by atoms with Crippen LogP contribution in [0.3, 0.4) is 0 Å². The highest BCUT2D eigenvalue weighted by Gasteiger charge is 2.32. The monoisotopic (exact) mass is 386 g/mol. The number of nitrogens with zero attached hydrogens (tertiary/aromatic N) is 2. The molecule has 5 heteroatoms. The highest BCUT2D eigenvalue weighted by Crippen LogP contribution is 2.38. The summed E-state index contributed by atoms with van der Waals surface area (Å²) in [6.07, 6.45) is 1.80. The van der Waals surface area contributed by atoms with Gasteiger partial charge in [0.2, 0.25) is 0 Å². The van der Waals surface area contributed by atoms with Crippen molar-refractivity contribution in [2.45, 2.75) is 64.4 Å². The van der Waals surface area contributed by atoms with Gasteiger partial charge in [0.15, 0.2) is 0 Å². The molecule has 0 saturated heterocycles. The molecule has 1 aliphatic rings. The zero-order chi connectivity index (χ0) is 19.8. The summed E-state index contributed by atoms with van der Waals surface area (Å²) < 4.78 is 28.6. The molecule has 0 bridgehead atoms. The van der Waals surface area contributed by atoms with Gasteiger partial charge in [-0.25, -0.2) is 8.42 Å². The summed E-state index contributed by atoms with van der Waals surface area (Å²) >= 11 is 0. The van der Waals surface area contributed by atoms with E-state index in [9.17, 15) is 8.42 Å². The minimum Gasteiger partial charge on any atom is -0.365 e. The molecule has 27 heavy (non-hydrogen) atoms. The Morgan fingerprint density at radius 2 is 1.59 bits per heavy atom. The number of fused-ring (bicyclic) bond motifs is 1. The van der Waals surface area contributed by atoms with Crippen molar-refractivity contribution in [3.8, 4) is 0 Å². The average molecular weight is 387 g/mol. The van der Waals surface area contributed by atoms with Crippen LogP contribution in [-0.2, 0) is 10.0 Å². The van der Waals surface area contributed by atoms with Gasteiger partial charge in [-0.1, -0.05) is 23.8 Å². The van der Waals surface area contributed by atoms with E-state index in [4.69, 9.17) is 0 Å². The van der Waals surface area contributed by atoms with Crippen LogP contribution >= 0.6 is 0 Å². The number of hydrogen-bond acceptors (Lipinski definition) is 3. The molecule has 0 radical (unpaired) electrons. The van der Waals surface area contributed by atoms with Gasteiger partial charge in [-0.2, -0.15) is 0 Å². The van der Waals surface area contributed by atoms with Crippen LogP contribution in [0.15, 0.2) is 47.4 Å². The maximum absolute atomic E-state index is 13.5. The van der Waals surface area contributed by atoms with Crippen molar-refractivity contribution in [3.05, 3.63) is 53.6 Å². The van der Waals surface area contributed by atoms with Crippen LogP contribution in [0.5, 0.6) is 0 Å². The Morgan fingerprint density at radius 1 is 0.963 bits per heavy atom. The standard InChI is InChI=1S/C22H30N2O2S/c1-16(2)24-19(5)7-6-14-23(21-13-10-18(4)15-22(21)24)27(25,26)20-11-8-17(3)9-12-20/h8-13,15-16,19H,6-7,14H2,1-5H3/t19-/m1/s1. The minimum atomic E-state index is -3.60. The van der Waals surface area contributed by atoms with E-state index in [1.54, 1.807) is 16.4 Å². The van der Waals surface area contributed by atoms with E-state index < -0.39 is 10.0 Å². The van der Waals surface area contributed by atoms with Crippen molar-refractivity contribution in [1.29, 1.82) is 0 Å². The highest BCUT2D eigenvalue weighted by molar-refractivity contribution is 7.92. The molecular weight excluding hydrogens is 356 g/mol. The molecule has 1 aliphatic heterocycles. The Hall–Kier alpha value is -2.01. The lowest BCUT2D eigenvalue weighted by Crippen LogP contribution is -2.43. The molecule has 0 aliphatic carbocycles. The lowest BCUT2D eigenvalue weighted by molar-refractivity contribution is 0.518. The molecule has 2 aromatic carbocycles. The van der Waals surface area contributed by atoms with E-state index in [1.807, 2.05) is 31.2 Å². The third-order valence-electron chi connectivity index (χ3n) is 5.30. The number of sulfonamides is 1. The fourth-order valence-corrected chi connectivity index (χ4v) is 5.47. The lowest BCUT2D eigenvalue weighted by Gasteiger charge is -2.41. The Kier molecular flexibility index (Phi) is 5.52. The van der Waals surface area contributed by atoms with E-state index in [1.165, 1.54) is 0 Å². The molecule has 1 atom stereocenters. The molecule has 2 aromatic rings. The summed E-state index contributed by atoms with van der Waals surface area (Å²) in [4.78, 5) is 2.71. The van der Waals surface area contributed by atoms with E-state index in [0.717, 1.165) is 35.3 Å². The number of anilines is 2. The summed E-state index contributed by atoms with van der Waals surface area (Å²) in [6, 6.07) is 13.9. The van der Waals surface area contributed by atoms with Crippen LogP contribution in [0.1, 0.15) is 44.7 Å². The summed E-state index contributed by atoms with van der Waals surface area (Å²) in [6.45, 7) is 11.1. The first-order chi connectivity index (χ1) is 12.7. The van der Waals surface area contributed by atoms with Gasteiger partial charge >= 0.3 is 0 Å². The van der Waals surface area contributed by atoms with Gasteiger partial charge in [-0.15, -0.1) is 0 Å². The summed E-state index contributed by atoms with van der Waals surface area (Å²) in [7, 11) is -3.60. The molecule has 146 valence electrons. The van der Waals surface area contributed by atoms with Gasteiger partial charge in [0, 0.05) is 18.6 Å². The van der Waals surface area contributed by atoms with E-state index in [0.29, 0.717) is 23.5 Å². The number of benzene rings is 2. The second-order valence-corrected chi connectivity index (χ2v) is 9.74. The van der Waals surface area contributed by atoms with Crippen molar-refractivity contribution in [1.82, 2.24) is 0 Å². The molecule has 0 spiro atoms. The molecule has 4 nitrogen and oxygen atoms in total. The maximum atomic E-state index is 13.5. The minimum absolute atomic E-state index is 0.294. The van der Waals surface area contributed by atoms with Crippen LogP contribution in [0.2, 0.25) is 0 Å². The van der Waals surface area contributed by atoms with Gasteiger partial charge < -0.3 is 4.90 Å². The van der Waals surface area contributed by atoms with Gasteiger partial charge in [0.1, 0.15) is 0 Å². The molecular formula is C22H30N2O2S. The normalized spacial score (nSPS) is 18.2. The first-order valence-electron chi connectivity index (χ1n) is 9.70. The number of rotatable bonds is 3. The molecule has 0 N–H and O–H groups in total. The van der Waals surface area contributed by atoms with Crippen molar-refractivity contribution in [3.63, 3.8) is 0 Å². The zero-order valence-corrected chi connectivity index (χ0v) is 17.8. The third kappa shape index (κ3) is 3.84. The van der Waals surface area contributed by atoms with E-state index in [-0.39, 0.29) is 0 Å². The molecule has 0 saturated carbocycles. The van der Waals surface area contributed by atoms with Gasteiger partial charge in [0.05, 0.1) is 16.3 Å². The van der Waals surface area contributed by atoms with Gasteiger partial charge in [-0.05, 0) is 77.3 Å². The van der Waals surface area contributed by atoms with Crippen LogP contribution in [-0.4, -0.2) is 27.0 Å². The third-order valence-corrected chi connectivity index (χ3v) is 7.13. The van der Waals surface area contributed by atoms with Crippen molar-refractivity contribution in [2.75, 3.05) is 15.7 Å². The molecule has 0 amide bonds. The Labute approximate surface area is 163 Å². The zero-order valence-electron chi connectivity index (χ0n) is 16.9. The molecule has 0 aromatic heterocycles. The summed E-state index contributed by atoms with van der Waals surface area (Å²) in [5.41, 5.74) is 3.98. The fraction of sp³-hybridized carbons (Fsp3) is 0.455. The van der Waals surface area contributed by atoms with E-state index in [2.05, 4.69) is 38.7 Å². The van der Waals surface area contributed by atoms with Crippen molar-refractivity contribution >= 4 is 21.4 Å². The molecule has 3 rings (SSSR count). The quantitative estimate of drug-likeness (QED) is 0.754. The maximum Gasteiger partial charge on any atom is 0.264 e. The smallest absolute Gasteiger partial charge is 0.264 e. The SMILES string of the molecule is Cc1ccc(S(=O)(=O)N2CCC[C@@H](C)N(C(C)C)c3cc(C)ccc32)cc1.